The second-order valence-electron chi connectivity index (χ2n) is 5.17. The summed E-state index contributed by atoms with van der Waals surface area (Å²) in [6, 6.07) is 0.970. The summed E-state index contributed by atoms with van der Waals surface area (Å²) in [5.41, 5.74) is 5.44. The van der Waals surface area contributed by atoms with E-state index >= 15 is 0 Å². The smallest absolute Gasteiger partial charge is 0.396 e. The van der Waals surface area contributed by atoms with E-state index in [2.05, 4.69) is 17.2 Å². The molecule has 0 unspecified atom stereocenters. The number of hydrogen-bond acceptors (Lipinski definition) is 3. The first kappa shape index (κ1) is 13.0. The number of rotatable bonds is 3. The van der Waals surface area contributed by atoms with Gasteiger partial charge in [0, 0.05) is 6.54 Å². The number of pyridine rings is 1. The molecule has 0 radical (unpaired) electrons. The van der Waals surface area contributed by atoms with Crippen LogP contribution in [0.2, 0.25) is 0 Å². The van der Waals surface area contributed by atoms with Crippen molar-refractivity contribution in [3.63, 3.8) is 0 Å². The van der Waals surface area contributed by atoms with Crippen LogP contribution in [-0.2, 0) is 6.18 Å². The second-order valence-corrected chi connectivity index (χ2v) is 5.17. The molecule has 1 heterocycles. The van der Waals surface area contributed by atoms with Gasteiger partial charge in [-0.05, 0) is 24.3 Å². The monoisotopic (exact) mass is 259 g/mol. The zero-order chi connectivity index (χ0) is 13.4. The standard InChI is InChI=1S/C12H16F3N3/c1-11(3-2-4-11)7-18-9-5-10(12(13,14)15)17-6-8(9)16/h5-6H,2-4,7,16H2,1H3,(H,17,18). The molecule has 0 bridgehead atoms. The minimum Gasteiger partial charge on any atom is -0.396 e. The van der Waals surface area contributed by atoms with E-state index in [1.807, 2.05) is 0 Å². The topological polar surface area (TPSA) is 50.9 Å². The number of nitrogen functional groups attached to an aromatic ring is 1. The molecule has 0 aromatic carbocycles. The van der Waals surface area contributed by atoms with E-state index in [4.69, 9.17) is 5.73 Å². The normalized spacial score (nSPS) is 18.2. The van der Waals surface area contributed by atoms with Gasteiger partial charge in [0.1, 0.15) is 5.69 Å². The highest BCUT2D eigenvalue weighted by atomic mass is 19.4. The molecular formula is C12H16F3N3. The molecule has 1 fully saturated rings. The van der Waals surface area contributed by atoms with Crippen molar-refractivity contribution in [2.45, 2.75) is 32.4 Å². The van der Waals surface area contributed by atoms with Crippen LogP contribution in [0.15, 0.2) is 12.3 Å². The maximum absolute atomic E-state index is 12.5. The molecule has 0 atom stereocenters. The van der Waals surface area contributed by atoms with E-state index in [0.717, 1.165) is 25.1 Å². The maximum Gasteiger partial charge on any atom is 0.433 e. The lowest BCUT2D eigenvalue weighted by molar-refractivity contribution is -0.141. The van der Waals surface area contributed by atoms with Crippen LogP contribution >= 0.6 is 0 Å². The lowest BCUT2D eigenvalue weighted by Crippen LogP contribution is -2.33. The van der Waals surface area contributed by atoms with Crippen LogP contribution in [0.3, 0.4) is 0 Å². The summed E-state index contributed by atoms with van der Waals surface area (Å²) in [4.78, 5) is 3.30. The quantitative estimate of drug-likeness (QED) is 0.875. The molecule has 3 nitrogen and oxygen atoms in total. The van der Waals surface area contributed by atoms with Gasteiger partial charge in [0.05, 0.1) is 17.6 Å². The lowest BCUT2D eigenvalue weighted by Gasteiger charge is -2.38. The van der Waals surface area contributed by atoms with Crippen molar-refractivity contribution in [2.75, 3.05) is 17.6 Å². The number of halogens is 3. The van der Waals surface area contributed by atoms with Gasteiger partial charge in [-0.25, -0.2) is 4.98 Å². The molecule has 1 aromatic rings. The van der Waals surface area contributed by atoms with Gasteiger partial charge in [-0.2, -0.15) is 13.2 Å². The molecule has 0 amide bonds. The Morgan fingerprint density at radius 3 is 2.61 bits per heavy atom. The third-order valence-corrected chi connectivity index (χ3v) is 3.49. The number of nitrogens with zero attached hydrogens (tertiary/aromatic N) is 1. The Labute approximate surface area is 104 Å². The summed E-state index contributed by atoms with van der Waals surface area (Å²) < 4.78 is 37.6. The fourth-order valence-electron chi connectivity index (χ4n) is 2.04. The van der Waals surface area contributed by atoms with Gasteiger partial charge in [-0.1, -0.05) is 13.3 Å². The molecule has 3 N–H and O–H groups in total. The molecule has 6 heteroatoms. The molecule has 1 aliphatic rings. The summed E-state index contributed by atoms with van der Waals surface area (Å²) in [6.45, 7) is 2.75. The summed E-state index contributed by atoms with van der Waals surface area (Å²) >= 11 is 0. The summed E-state index contributed by atoms with van der Waals surface area (Å²) in [5.74, 6) is 0. The van der Waals surface area contributed by atoms with Crippen LogP contribution < -0.4 is 11.1 Å². The average Bonchev–Trinajstić information content (AvgIpc) is 2.24. The fourth-order valence-corrected chi connectivity index (χ4v) is 2.04. The van der Waals surface area contributed by atoms with E-state index < -0.39 is 11.9 Å². The molecule has 0 spiro atoms. The largest absolute Gasteiger partial charge is 0.433 e. The van der Waals surface area contributed by atoms with Gasteiger partial charge in [0.25, 0.3) is 0 Å². The Morgan fingerprint density at radius 1 is 1.44 bits per heavy atom. The summed E-state index contributed by atoms with van der Waals surface area (Å²) in [6.07, 6.45) is -0.0230. The SMILES string of the molecule is CC1(CNc2cc(C(F)(F)F)ncc2N)CCC1. The molecule has 1 aromatic heterocycles. The average molecular weight is 259 g/mol. The van der Waals surface area contributed by atoms with Crippen LogP contribution in [0.25, 0.3) is 0 Å². The minimum absolute atomic E-state index is 0.175. The Morgan fingerprint density at radius 2 is 2.11 bits per heavy atom. The number of alkyl halides is 3. The molecule has 100 valence electrons. The van der Waals surface area contributed by atoms with E-state index in [0.29, 0.717) is 12.2 Å². The molecule has 2 rings (SSSR count). The van der Waals surface area contributed by atoms with Crippen molar-refractivity contribution >= 4 is 11.4 Å². The van der Waals surface area contributed by atoms with Gasteiger partial charge in [-0.3, -0.25) is 0 Å². The van der Waals surface area contributed by atoms with E-state index in [9.17, 15) is 13.2 Å². The van der Waals surface area contributed by atoms with Crippen molar-refractivity contribution < 1.29 is 13.2 Å². The van der Waals surface area contributed by atoms with Crippen molar-refractivity contribution in [1.82, 2.24) is 4.98 Å². The van der Waals surface area contributed by atoms with Gasteiger partial charge in [-0.15, -0.1) is 0 Å². The minimum atomic E-state index is -4.44. The van der Waals surface area contributed by atoms with Gasteiger partial charge < -0.3 is 11.1 Å². The second kappa shape index (κ2) is 4.33. The third kappa shape index (κ3) is 2.68. The number of nitrogens with one attached hydrogen (secondary N) is 1. The first-order valence-corrected chi connectivity index (χ1v) is 5.87. The Balaban J connectivity index is 2.11. The van der Waals surface area contributed by atoms with E-state index in [-0.39, 0.29) is 11.1 Å². The molecule has 0 aliphatic heterocycles. The van der Waals surface area contributed by atoms with Crippen LogP contribution in [0, 0.1) is 5.41 Å². The molecular weight excluding hydrogens is 243 g/mol. The van der Waals surface area contributed by atoms with Crippen LogP contribution in [0.5, 0.6) is 0 Å². The lowest BCUT2D eigenvalue weighted by atomic mass is 9.70. The van der Waals surface area contributed by atoms with Crippen LogP contribution in [0.1, 0.15) is 31.9 Å². The van der Waals surface area contributed by atoms with Crippen molar-refractivity contribution in [3.05, 3.63) is 18.0 Å². The first-order chi connectivity index (χ1) is 8.30. The van der Waals surface area contributed by atoms with E-state index in [1.54, 1.807) is 0 Å². The van der Waals surface area contributed by atoms with Crippen molar-refractivity contribution in [1.29, 1.82) is 0 Å². The third-order valence-electron chi connectivity index (χ3n) is 3.49. The summed E-state index contributed by atoms with van der Waals surface area (Å²) in [7, 11) is 0. The number of aromatic nitrogens is 1. The van der Waals surface area contributed by atoms with Crippen molar-refractivity contribution in [3.8, 4) is 0 Å². The van der Waals surface area contributed by atoms with Crippen molar-refractivity contribution in [2.24, 2.45) is 5.41 Å². The highest BCUT2D eigenvalue weighted by molar-refractivity contribution is 5.65. The predicted molar refractivity (Wildman–Crippen MR) is 64.1 cm³/mol. The Bertz CT molecular complexity index is 439. The highest BCUT2D eigenvalue weighted by Crippen LogP contribution is 2.40. The molecule has 0 saturated heterocycles. The van der Waals surface area contributed by atoms with Crippen LogP contribution in [0.4, 0.5) is 24.5 Å². The zero-order valence-electron chi connectivity index (χ0n) is 10.1. The number of anilines is 2. The molecule has 1 aliphatic carbocycles. The van der Waals surface area contributed by atoms with Gasteiger partial charge >= 0.3 is 6.18 Å². The Kier molecular flexibility index (Phi) is 3.12. The Hall–Kier alpha value is -1.46. The zero-order valence-corrected chi connectivity index (χ0v) is 10.1. The summed E-state index contributed by atoms with van der Waals surface area (Å²) in [5, 5.41) is 3.00. The fraction of sp³-hybridized carbons (Fsp3) is 0.583. The van der Waals surface area contributed by atoms with Gasteiger partial charge in [0.15, 0.2) is 0 Å². The highest BCUT2D eigenvalue weighted by Gasteiger charge is 2.34. The van der Waals surface area contributed by atoms with Gasteiger partial charge in [0.2, 0.25) is 0 Å². The maximum atomic E-state index is 12.5. The number of hydrogen-bond donors (Lipinski definition) is 2. The first-order valence-electron chi connectivity index (χ1n) is 5.87. The predicted octanol–water partition coefficient (Wildman–Crippen LogP) is 3.28. The van der Waals surface area contributed by atoms with Crippen LogP contribution in [-0.4, -0.2) is 11.5 Å². The number of nitrogens with two attached hydrogens (primary N) is 1. The molecule has 1 saturated carbocycles. The van der Waals surface area contributed by atoms with E-state index in [1.165, 1.54) is 6.42 Å². The molecule has 18 heavy (non-hydrogen) atoms.